The van der Waals surface area contributed by atoms with Gasteiger partial charge in [-0.2, -0.15) is 0 Å². The van der Waals surface area contributed by atoms with Gasteiger partial charge in [0.1, 0.15) is 0 Å². The Balaban J connectivity index is 2.42. The van der Waals surface area contributed by atoms with Crippen molar-refractivity contribution < 1.29 is 24.5 Å². The van der Waals surface area contributed by atoms with E-state index in [1.165, 1.54) is 6.92 Å². The summed E-state index contributed by atoms with van der Waals surface area (Å²) in [6, 6.07) is -0.439. The number of carboxylic acids is 1. The molecule has 0 aromatic carbocycles. The number of rotatable bonds is 5. The summed E-state index contributed by atoms with van der Waals surface area (Å²) >= 11 is 0. The monoisotopic (exact) mass is 274 g/mol. The Bertz CT molecular complexity index is 358. The molecule has 1 fully saturated rings. The summed E-state index contributed by atoms with van der Waals surface area (Å²) < 4.78 is 5.40. The van der Waals surface area contributed by atoms with Crippen molar-refractivity contribution >= 4 is 12.0 Å². The van der Waals surface area contributed by atoms with E-state index in [0.29, 0.717) is 13.0 Å². The van der Waals surface area contributed by atoms with Gasteiger partial charge in [0.05, 0.1) is 23.7 Å². The third-order valence-electron chi connectivity index (χ3n) is 3.45. The minimum atomic E-state index is -1.47. The molecule has 0 bridgehead atoms. The first-order valence-electron chi connectivity index (χ1n) is 6.26. The van der Waals surface area contributed by atoms with Crippen LogP contribution in [0.2, 0.25) is 0 Å². The quantitative estimate of drug-likeness (QED) is 0.568. The van der Waals surface area contributed by atoms with Gasteiger partial charge in [0.25, 0.3) is 0 Å². The van der Waals surface area contributed by atoms with Gasteiger partial charge in [-0.25, -0.2) is 4.79 Å². The lowest BCUT2D eigenvalue weighted by molar-refractivity contribution is -0.141. The molecule has 0 saturated carbocycles. The fourth-order valence-electron chi connectivity index (χ4n) is 1.96. The number of urea groups is 1. The molecule has 0 spiro atoms. The second-order valence-electron chi connectivity index (χ2n) is 5.56. The zero-order valence-corrected chi connectivity index (χ0v) is 11.5. The number of nitrogens with one attached hydrogen (secondary N) is 2. The van der Waals surface area contributed by atoms with Crippen LogP contribution >= 0.6 is 0 Å². The summed E-state index contributed by atoms with van der Waals surface area (Å²) in [4.78, 5) is 22.3. The van der Waals surface area contributed by atoms with Crippen LogP contribution in [0.5, 0.6) is 0 Å². The molecule has 1 heterocycles. The number of carboxylic acid groups (broad SMARTS) is 1. The first-order valence-corrected chi connectivity index (χ1v) is 6.26. The lowest BCUT2D eigenvalue weighted by Gasteiger charge is -2.30. The normalized spacial score (nSPS) is 29.6. The minimum Gasteiger partial charge on any atom is -0.481 e. The Labute approximate surface area is 112 Å². The SMILES string of the molecule is CC1OCCC1(C)NC(=O)NCC(C)(O)CC(=O)O. The van der Waals surface area contributed by atoms with Gasteiger partial charge in [-0.05, 0) is 27.2 Å². The van der Waals surface area contributed by atoms with Crippen molar-refractivity contribution in [2.75, 3.05) is 13.2 Å². The molecule has 7 nitrogen and oxygen atoms in total. The molecule has 1 aliphatic heterocycles. The molecule has 3 unspecified atom stereocenters. The van der Waals surface area contributed by atoms with E-state index < -0.39 is 29.6 Å². The van der Waals surface area contributed by atoms with Gasteiger partial charge >= 0.3 is 12.0 Å². The van der Waals surface area contributed by atoms with E-state index in [0.717, 1.165) is 0 Å². The van der Waals surface area contributed by atoms with Crippen LogP contribution in [0.4, 0.5) is 4.79 Å². The van der Waals surface area contributed by atoms with Crippen LogP contribution in [-0.2, 0) is 9.53 Å². The van der Waals surface area contributed by atoms with Crippen molar-refractivity contribution in [3.63, 3.8) is 0 Å². The van der Waals surface area contributed by atoms with E-state index in [4.69, 9.17) is 9.84 Å². The van der Waals surface area contributed by atoms with Crippen LogP contribution in [0.15, 0.2) is 0 Å². The zero-order chi connectivity index (χ0) is 14.7. The molecule has 1 saturated heterocycles. The predicted octanol–water partition coefficient (Wildman–Crippen LogP) is 0.0788. The number of carbonyl (C=O) groups excluding carboxylic acids is 1. The van der Waals surface area contributed by atoms with Gasteiger partial charge in [-0.3, -0.25) is 4.79 Å². The van der Waals surface area contributed by atoms with Crippen LogP contribution < -0.4 is 10.6 Å². The summed E-state index contributed by atoms with van der Waals surface area (Å²) in [7, 11) is 0. The van der Waals surface area contributed by atoms with Gasteiger partial charge in [0.2, 0.25) is 0 Å². The first kappa shape index (κ1) is 15.7. The maximum absolute atomic E-state index is 11.7. The van der Waals surface area contributed by atoms with Crippen molar-refractivity contribution in [3.05, 3.63) is 0 Å². The number of carbonyl (C=O) groups is 2. The Morgan fingerprint density at radius 2 is 2.16 bits per heavy atom. The van der Waals surface area contributed by atoms with Crippen LogP contribution in [-0.4, -0.2) is 52.6 Å². The molecular formula is C12H22N2O5. The van der Waals surface area contributed by atoms with Crippen molar-refractivity contribution in [1.29, 1.82) is 0 Å². The van der Waals surface area contributed by atoms with Gasteiger partial charge in [-0.15, -0.1) is 0 Å². The number of aliphatic carboxylic acids is 1. The van der Waals surface area contributed by atoms with E-state index in [-0.39, 0.29) is 12.6 Å². The Morgan fingerprint density at radius 1 is 1.53 bits per heavy atom. The molecular weight excluding hydrogens is 252 g/mol. The third kappa shape index (κ3) is 4.68. The standard InChI is InChI=1S/C12H22N2O5/c1-8-12(3,4-5-19-8)14-10(17)13-7-11(2,18)6-9(15)16/h8,18H,4-7H2,1-3H3,(H,15,16)(H2,13,14,17). The van der Waals surface area contributed by atoms with Crippen LogP contribution in [0.3, 0.4) is 0 Å². The molecule has 19 heavy (non-hydrogen) atoms. The predicted molar refractivity (Wildman–Crippen MR) is 67.8 cm³/mol. The van der Waals surface area contributed by atoms with Crippen molar-refractivity contribution in [2.24, 2.45) is 0 Å². The number of amides is 2. The Hall–Kier alpha value is -1.34. The molecule has 2 amide bonds. The summed E-state index contributed by atoms with van der Waals surface area (Å²) in [5.41, 5.74) is -1.91. The fraction of sp³-hybridized carbons (Fsp3) is 0.833. The second kappa shape index (κ2) is 5.75. The van der Waals surface area contributed by atoms with Crippen LogP contribution in [0.25, 0.3) is 0 Å². The van der Waals surface area contributed by atoms with E-state index in [9.17, 15) is 14.7 Å². The van der Waals surface area contributed by atoms with Crippen molar-refractivity contribution in [1.82, 2.24) is 10.6 Å². The molecule has 3 atom stereocenters. The number of hydrogen-bond acceptors (Lipinski definition) is 4. The highest BCUT2D eigenvalue weighted by Gasteiger charge is 2.38. The average molecular weight is 274 g/mol. The summed E-state index contributed by atoms with van der Waals surface area (Å²) in [6.45, 7) is 5.60. The highest BCUT2D eigenvalue weighted by molar-refractivity contribution is 5.75. The number of ether oxygens (including phenoxy) is 1. The van der Waals surface area contributed by atoms with Crippen LogP contribution in [0, 0.1) is 0 Å². The molecule has 4 N–H and O–H groups in total. The lowest BCUT2D eigenvalue weighted by Crippen LogP contribution is -2.55. The van der Waals surface area contributed by atoms with Gasteiger partial charge in [-0.1, -0.05) is 0 Å². The molecule has 1 rings (SSSR count). The maximum Gasteiger partial charge on any atom is 0.315 e. The van der Waals surface area contributed by atoms with Gasteiger partial charge < -0.3 is 25.6 Å². The summed E-state index contributed by atoms with van der Waals surface area (Å²) in [6.07, 6.45) is 0.203. The number of aliphatic hydroxyl groups is 1. The van der Waals surface area contributed by atoms with Gasteiger partial charge in [0.15, 0.2) is 0 Å². The molecule has 0 aromatic rings. The van der Waals surface area contributed by atoms with E-state index in [1.54, 1.807) is 0 Å². The van der Waals surface area contributed by atoms with Crippen molar-refractivity contribution in [2.45, 2.75) is 50.9 Å². The third-order valence-corrected chi connectivity index (χ3v) is 3.45. The van der Waals surface area contributed by atoms with E-state index >= 15 is 0 Å². The molecule has 0 aliphatic carbocycles. The van der Waals surface area contributed by atoms with E-state index in [1.807, 2.05) is 13.8 Å². The fourth-order valence-corrected chi connectivity index (χ4v) is 1.96. The zero-order valence-electron chi connectivity index (χ0n) is 11.5. The van der Waals surface area contributed by atoms with Gasteiger partial charge in [0, 0.05) is 13.2 Å². The summed E-state index contributed by atoms with van der Waals surface area (Å²) in [5, 5.41) is 23.7. The topological polar surface area (TPSA) is 108 Å². The smallest absolute Gasteiger partial charge is 0.315 e. The largest absolute Gasteiger partial charge is 0.481 e. The highest BCUT2D eigenvalue weighted by Crippen LogP contribution is 2.24. The molecule has 7 heteroatoms. The second-order valence-corrected chi connectivity index (χ2v) is 5.56. The Kier molecular flexibility index (Phi) is 4.75. The molecule has 110 valence electrons. The average Bonchev–Trinajstić information content (AvgIpc) is 2.54. The first-order chi connectivity index (χ1) is 8.65. The lowest BCUT2D eigenvalue weighted by atomic mass is 9.95. The molecule has 0 aromatic heterocycles. The number of hydrogen-bond donors (Lipinski definition) is 4. The van der Waals surface area contributed by atoms with Crippen molar-refractivity contribution in [3.8, 4) is 0 Å². The highest BCUT2D eigenvalue weighted by atomic mass is 16.5. The Morgan fingerprint density at radius 3 is 2.63 bits per heavy atom. The molecule has 1 aliphatic rings. The van der Waals surface area contributed by atoms with E-state index in [2.05, 4.69) is 10.6 Å². The molecule has 0 radical (unpaired) electrons. The maximum atomic E-state index is 11.7. The van der Waals surface area contributed by atoms with Crippen LogP contribution in [0.1, 0.15) is 33.6 Å². The minimum absolute atomic E-state index is 0.0854. The summed E-state index contributed by atoms with van der Waals surface area (Å²) in [5.74, 6) is -1.11.